The van der Waals surface area contributed by atoms with Gasteiger partial charge in [0, 0.05) is 17.5 Å². The van der Waals surface area contributed by atoms with Crippen LogP contribution in [-0.4, -0.2) is 39.1 Å². The maximum atomic E-state index is 12.4. The van der Waals surface area contributed by atoms with Gasteiger partial charge >= 0.3 is 0 Å². The summed E-state index contributed by atoms with van der Waals surface area (Å²) >= 11 is 6.41. The molecule has 138 valence electrons. The van der Waals surface area contributed by atoms with Gasteiger partial charge in [0.2, 0.25) is 5.91 Å². The van der Waals surface area contributed by atoms with E-state index in [1.807, 2.05) is 63.8 Å². The fraction of sp³-hybridized carbons (Fsp3) is 0.421. The fourth-order valence-electron chi connectivity index (χ4n) is 2.98. The highest BCUT2D eigenvalue weighted by Crippen LogP contribution is 2.30. The van der Waals surface area contributed by atoms with Crippen LogP contribution in [0.15, 0.2) is 24.3 Å². The third kappa shape index (κ3) is 3.46. The molecular formula is C19H24ClN5O. The molecule has 1 amide bonds. The molecule has 2 aromatic heterocycles. The normalized spacial score (nSPS) is 11.9. The Kier molecular flexibility index (Phi) is 4.80. The minimum Gasteiger partial charge on any atom is -0.350 e. The lowest BCUT2D eigenvalue weighted by Gasteiger charge is -2.26. The van der Waals surface area contributed by atoms with Crippen molar-refractivity contribution in [3.8, 4) is 0 Å². The van der Waals surface area contributed by atoms with E-state index in [1.54, 1.807) is 4.52 Å². The molecule has 7 heteroatoms. The first-order chi connectivity index (χ1) is 12.2. The quantitative estimate of drug-likeness (QED) is 0.759. The van der Waals surface area contributed by atoms with E-state index in [9.17, 15) is 4.79 Å². The molecule has 2 heterocycles. The predicted molar refractivity (Wildman–Crippen MR) is 106 cm³/mol. The van der Waals surface area contributed by atoms with Crippen molar-refractivity contribution in [2.75, 3.05) is 18.0 Å². The zero-order valence-electron chi connectivity index (χ0n) is 15.8. The fourth-order valence-corrected chi connectivity index (χ4v) is 3.14. The van der Waals surface area contributed by atoms with Gasteiger partial charge < -0.3 is 10.2 Å². The first kappa shape index (κ1) is 18.5. The van der Waals surface area contributed by atoms with Crippen LogP contribution in [0.25, 0.3) is 16.6 Å². The number of hydrogen-bond donors (Lipinski definition) is 1. The second kappa shape index (κ2) is 6.76. The molecule has 6 nitrogen and oxygen atoms in total. The van der Waals surface area contributed by atoms with Gasteiger partial charge in [-0.15, -0.1) is 0 Å². The molecular weight excluding hydrogens is 350 g/mol. The summed E-state index contributed by atoms with van der Waals surface area (Å²) in [6.07, 6.45) is 0. The smallest absolute Gasteiger partial charge is 0.239 e. The molecule has 1 aromatic carbocycles. The maximum Gasteiger partial charge on any atom is 0.239 e. The number of nitrogens with one attached hydrogen (secondary N) is 1. The van der Waals surface area contributed by atoms with Gasteiger partial charge in [-0.05, 0) is 46.8 Å². The SMILES string of the molecule is CCN(CC(=O)NC(C)(C)C)c1nc2c(Cl)c(C)nn2c2ccccc12. The molecule has 3 aromatic rings. The molecule has 0 atom stereocenters. The van der Waals surface area contributed by atoms with Gasteiger partial charge in [-0.25, -0.2) is 9.50 Å². The average molecular weight is 374 g/mol. The summed E-state index contributed by atoms with van der Waals surface area (Å²) in [6, 6.07) is 7.89. The van der Waals surface area contributed by atoms with Crippen molar-refractivity contribution in [1.29, 1.82) is 0 Å². The summed E-state index contributed by atoms with van der Waals surface area (Å²) < 4.78 is 1.76. The number of para-hydroxylation sites is 1. The number of benzene rings is 1. The Morgan fingerprint density at radius 1 is 1.31 bits per heavy atom. The van der Waals surface area contributed by atoms with Crippen LogP contribution in [0.1, 0.15) is 33.4 Å². The minimum absolute atomic E-state index is 0.0408. The van der Waals surface area contributed by atoms with Gasteiger partial charge in [0.25, 0.3) is 0 Å². The number of amides is 1. The van der Waals surface area contributed by atoms with Crippen LogP contribution in [0.2, 0.25) is 5.02 Å². The maximum absolute atomic E-state index is 12.4. The molecule has 0 spiro atoms. The van der Waals surface area contributed by atoms with Gasteiger partial charge in [-0.1, -0.05) is 23.7 Å². The molecule has 0 aliphatic carbocycles. The lowest BCUT2D eigenvalue weighted by Crippen LogP contribution is -2.46. The Bertz CT molecular complexity index is 973. The van der Waals surface area contributed by atoms with Gasteiger partial charge in [-0.2, -0.15) is 5.10 Å². The standard InChI is InChI=1S/C19H24ClN5O/c1-6-24(11-15(26)22-19(3,4)5)17-13-9-7-8-10-14(13)25-18(21-17)16(20)12(2)23-25/h7-10H,6,11H2,1-5H3,(H,22,26). The average Bonchev–Trinajstić information content (AvgIpc) is 2.85. The Labute approximate surface area is 158 Å². The Hall–Kier alpha value is -2.34. The highest BCUT2D eigenvalue weighted by Gasteiger charge is 2.21. The second-order valence-electron chi connectivity index (χ2n) is 7.40. The summed E-state index contributed by atoms with van der Waals surface area (Å²) in [6.45, 7) is 10.6. The van der Waals surface area contributed by atoms with Crippen molar-refractivity contribution in [3.05, 3.63) is 35.0 Å². The highest BCUT2D eigenvalue weighted by atomic mass is 35.5. The zero-order chi connectivity index (χ0) is 19.1. The topological polar surface area (TPSA) is 62.5 Å². The van der Waals surface area contributed by atoms with E-state index in [-0.39, 0.29) is 18.0 Å². The third-order valence-corrected chi connectivity index (χ3v) is 4.52. The number of aromatic nitrogens is 3. The van der Waals surface area contributed by atoms with Crippen LogP contribution < -0.4 is 10.2 Å². The van der Waals surface area contributed by atoms with Crippen LogP contribution in [0.4, 0.5) is 5.82 Å². The van der Waals surface area contributed by atoms with E-state index in [0.29, 0.717) is 17.2 Å². The number of halogens is 1. The van der Waals surface area contributed by atoms with Crippen LogP contribution >= 0.6 is 11.6 Å². The molecule has 0 unspecified atom stereocenters. The van der Waals surface area contributed by atoms with Gasteiger partial charge in [-0.3, -0.25) is 4.79 Å². The molecule has 0 fully saturated rings. The molecule has 26 heavy (non-hydrogen) atoms. The summed E-state index contributed by atoms with van der Waals surface area (Å²) in [4.78, 5) is 19.2. The Balaban J connectivity index is 2.12. The minimum atomic E-state index is -0.276. The first-order valence-electron chi connectivity index (χ1n) is 8.71. The van der Waals surface area contributed by atoms with Crippen molar-refractivity contribution in [3.63, 3.8) is 0 Å². The van der Waals surface area contributed by atoms with E-state index >= 15 is 0 Å². The van der Waals surface area contributed by atoms with Crippen LogP contribution in [0.5, 0.6) is 0 Å². The van der Waals surface area contributed by atoms with Crippen LogP contribution in [0.3, 0.4) is 0 Å². The zero-order valence-corrected chi connectivity index (χ0v) is 16.6. The predicted octanol–water partition coefficient (Wildman–Crippen LogP) is 3.59. The summed E-state index contributed by atoms with van der Waals surface area (Å²) in [7, 11) is 0. The van der Waals surface area contributed by atoms with Gasteiger partial charge in [0.05, 0.1) is 17.8 Å². The van der Waals surface area contributed by atoms with Crippen molar-refractivity contribution in [2.45, 2.75) is 40.2 Å². The van der Waals surface area contributed by atoms with E-state index in [1.165, 1.54) is 0 Å². The number of aryl methyl sites for hydroxylation is 1. The molecule has 0 saturated carbocycles. The summed E-state index contributed by atoms with van der Waals surface area (Å²) in [5.41, 5.74) is 1.97. The van der Waals surface area contributed by atoms with Gasteiger partial charge in [0.1, 0.15) is 10.8 Å². The van der Waals surface area contributed by atoms with E-state index in [4.69, 9.17) is 16.6 Å². The number of carbonyl (C=O) groups excluding carboxylic acids is 1. The third-order valence-electron chi connectivity index (χ3n) is 4.08. The van der Waals surface area contributed by atoms with Crippen molar-refractivity contribution >= 4 is 39.9 Å². The summed E-state index contributed by atoms with van der Waals surface area (Å²) in [5, 5.41) is 8.97. The van der Waals surface area contributed by atoms with Crippen LogP contribution in [-0.2, 0) is 4.79 Å². The van der Waals surface area contributed by atoms with Crippen LogP contribution in [0, 0.1) is 6.92 Å². The van der Waals surface area contributed by atoms with Crippen molar-refractivity contribution < 1.29 is 4.79 Å². The number of hydrogen-bond acceptors (Lipinski definition) is 4. The number of anilines is 1. The van der Waals surface area contributed by atoms with Crippen molar-refractivity contribution in [2.24, 2.45) is 0 Å². The number of rotatable bonds is 4. The molecule has 0 radical (unpaired) electrons. The summed E-state index contributed by atoms with van der Waals surface area (Å²) in [5.74, 6) is 0.697. The van der Waals surface area contributed by atoms with Gasteiger partial charge in [0.15, 0.2) is 5.65 Å². The molecule has 0 aliphatic rings. The second-order valence-corrected chi connectivity index (χ2v) is 7.78. The Morgan fingerprint density at radius 3 is 2.65 bits per heavy atom. The Morgan fingerprint density at radius 2 is 2.00 bits per heavy atom. The number of nitrogens with zero attached hydrogens (tertiary/aromatic N) is 4. The largest absolute Gasteiger partial charge is 0.350 e. The number of likely N-dealkylation sites (N-methyl/N-ethyl adjacent to an activating group) is 1. The molecule has 3 rings (SSSR count). The van der Waals surface area contributed by atoms with E-state index < -0.39 is 0 Å². The molecule has 1 N–H and O–H groups in total. The lowest BCUT2D eigenvalue weighted by atomic mass is 10.1. The van der Waals surface area contributed by atoms with E-state index in [0.717, 1.165) is 22.4 Å². The van der Waals surface area contributed by atoms with E-state index in [2.05, 4.69) is 10.4 Å². The highest BCUT2D eigenvalue weighted by molar-refractivity contribution is 6.34. The lowest BCUT2D eigenvalue weighted by molar-refractivity contribution is -0.121. The molecule has 0 bridgehead atoms. The van der Waals surface area contributed by atoms with Crippen molar-refractivity contribution in [1.82, 2.24) is 19.9 Å². The molecule has 0 saturated heterocycles. The monoisotopic (exact) mass is 373 g/mol. The number of carbonyl (C=O) groups is 1. The first-order valence-corrected chi connectivity index (χ1v) is 9.08. The molecule has 0 aliphatic heterocycles. The number of fused-ring (bicyclic) bond motifs is 3.